The molecule has 4 N–H and O–H groups in total. The Kier molecular flexibility index (Phi) is 6.11. The Labute approximate surface area is 159 Å². The summed E-state index contributed by atoms with van der Waals surface area (Å²) in [4.78, 5) is 26.9. The molecule has 1 amide bonds. The van der Waals surface area contributed by atoms with Gasteiger partial charge in [0.15, 0.2) is 6.10 Å². The van der Waals surface area contributed by atoms with Gasteiger partial charge in [-0.15, -0.1) is 0 Å². The van der Waals surface area contributed by atoms with E-state index in [1.165, 1.54) is 6.92 Å². The molecule has 1 heterocycles. The number of nitrogen functional groups attached to an aromatic ring is 1. The average Bonchev–Trinajstić information content (AvgIpc) is 2.58. The second-order valence-electron chi connectivity index (χ2n) is 5.26. The van der Waals surface area contributed by atoms with Crippen molar-refractivity contribution in [3.05, 3.63) is 50.7 Å². The lowest BCUT2D eigenvalue weighted by Gasteiger charge is -2.13. The fourth-order valence-electron chi connectivity index (χ4n) is 1.86. The number of esters is 1. The Morgan fingerprint density at radius 3 is 2.36 bits per heavy atom. The minimum Gasteiger partial charge on any atom is -0.445 e. The molecular formula is C16H15Cl3N3O3+. The number of carbonyl (C=O) groups is 2. The second kappa shape index (κ2) is 7.91. The van der Waals surface area contributed by atoms with Crippen LogP contribution >= 0.6 is 34.8 Å². The smallest absolute Gasteiger partial charge is 0.406 e. The molecular weight excluding hydrogens is 389 g/mol. The first kappa shape index (κ1) is 19.3. The minimum absolute atomic E-state index is 0.00613. The second-order valence-corrected chi connectivity index (χ2v) is 6.39. The quantitative estimate of drug-likeness (QED) is 0.603. The first-order valence-electron chi connectivity index (χ1n) is 7.14. The predicted molar refractivity (Wildman–Crippen MR) is 97.1 cm³/mol. The molecule has 0 bridgehead atoms. The minimum atomic E-state index is -1.08. The number of ether oxygens (including phenoxy) is 1. The Morgan fingerprint density at radius 2 is 1.76 bits per heavy atom. The number of aromatic amines is 1. The molecule has 2 aromatic rings. The molecule has 0 saturated heterocycles. The van der Waals surface area contributed by atoms with Crippen molar-refractivity contribution in [3.63, 3.8) is 0 Å². The summed E-state index contributed by atoms with van der Waals surface area (Å²) in [6, 6.07) is 7.18. The highest BCUT2D eigenvalue weighted by atomic mass is 35.5. The molecule has 0 spiro atoms. The molecule has 1 aromatic heterocycles. The molecule has 0 radical (unpaired) electrons. The highest BCUT2D eigenvalue weighted by molar-refractivity contribution is 6.45. The number of benzene rings is 1. The van der Waals surface area contributed by atoms with Crippen LogP contribution in [-0.2, 0) is 9.53 Å². The van der Waals surface area contributed by atoms with Crippen LogP contribution in [0.15, 0.2) is 24.3 Å². The zero-order valence-corrected chi connectivity index (χ0v) is 15.6. The van der Waals surface area contributed by atoms with E-state index in [4.69, 9.17) is 45.3 Å². The SMILES string of the molecule is Cc1ccc(NC(=O)[C@H](C)OC(=O)c2[nH+]c(Cl)c(Cl)c(N)c2Cl)cc1. The van der Waals surface area contributed by atoms with Crippen molar-refractivity contribution in [2.45, 2.75) is 20.0 Å². The number of aryl methyl sites for hydroxylation is 1. The maximum Gasteiger partial charge on any atom is 0.406 e. The number of anilines is 2. The van der Waals surface area contributed by atoms with Gasteiger partial charge in [-0.2, -0.15) is 4.98 Å². The van der Waals surface area contributed by atoms with E-state index in [1.807, 2.05) is 19.1 Å². The molecule has 0 fully saturated rings. The van der Waals surface area contributed by atoms with E-state index in [-0.39, 0.29) is 26.6 Å². The normalized spacial score (nSPS) is 11.7. The first-order valence-corrected chi connectivity index (χ1v) is 8.27. The molecule has 132 valence electrons. The van der Waals surface area contributed by atoms with Crippen LogP contribution in [0.2, 0.25) is 15.2 Å². The summed E-state index contributed by atoms with van der Waals surface area (Å²) >= 11 is 17.6. The van der Waals surface area contributed by atoms with Gasteiger partial charge in [0.05, 0.1) is 5.69 Å². The van der Waals surface area contributed by atoms with Gasteiger partial charge in [0.1, 0.15) is 10.0 Å². The van der Waals surface area contributed by atoms with Gasteiger partial charge in [0.2, 0.25) is 0 Å². The molecule has 0 unspecified atom stereocenters. The van der Waals surface area contributed by atoms with Crippen molar-refractivity contribution in [1.82, 2.24) is 0 Å². The Morgan fingerprint density at radius 1 is 1.16 bits per heavy atom. The predicted octanol–water partition coefficient (Wildman–Crippen LogP) is 3.54. The molecule has 6 nitrogen and oxygen atoms in total. The largest absolute Gasteiger partial charge is 0.445 e. The molecule has 1 atom stereocenters. The van der Waals surface area contributed by atoms with E-state index in [2.05, 4.69) is 10.3 Å². The van der Waals surface area contributed by atoms with Gasteiger partial charge in [-0.3, -0.25) is 4.79 Å². The van der Waals surface area contributed by atoms with Gasteiger partial charge in [-0.05, 0) is 37.6 Å². The summed E-state index contributed by atoms with van der Waals surface area (Å²) in [5, 5.41) is 2.44. The van der Waals surface area contributed by atoms with Crippen molar-refractivity contribution in [2.24, 2.45) is 0 Å². The van der Waals surface area contributed by atoms with E-state index in [1.54, 1.807) is 12.1 Å². The average molecular weight is 404 g/mol. The maximum absolute atomic E-state index is 12.2. The number of aromatic nitrogens is 1. The Balaban J connectivity index is 2.09. The summed E-state index contributed by atoms with van der Waals surface area (Å²) in [5.74, 6) is -1.39. The lowest BCUT2D eigenvalue weighted by Crippen LogP contribution is -2.32. The van der Waals surface area contributed by atoms with Crippen molar-refractivity contribution in [3.8, 4) is 0 Å². The van der Waals surface area contributed by atoms with Crippen molar-refractivity contribution < 1.29 is 19.3 Å². The van der Waals surface area contributed by atoms with Crippen LogP contribution in [0.1, 0.15) is 23.0 Å². The third-order valence-electron chi connectivity index (χ3n) is 3.30. The molecule has 9 heteroatoms. The van der Waals surface area contributed by atoms with Crippen LogP contribution in [0, 0.1) is 6.92 Å². The van der Waals surface area contributed by atoms with E-state index in [0.717, 1.165) is 5.56 Å². The van der Waals surface area contributed by atoms with Crippen molar-refractivity contribution >= 4 is 58.1 Å². The standard InChI is InChI=1S/C16H14Cl3N3O3/c1-7-3-5-9(6-4-7)21-15(23)8(2)25-16(24)13-10(17)12(20)11(18)14(19)22-13/h3-6,8H,1-2H3,(H2,20,22)(H,21,23)/p+1/t8-/m0/s1. The van der Waals surface area contributed by atoms with Crippen LogP contribution < -0.4 is 16.0 Å². The van der Waals surface area contributed by atoms with Gasteiger partial charge in [0.25, 0.3) is 11.1 Å². The van der Waals surface area contributed by atoms with E-state index >= 15 is 0 Å². The van der Waals surface area contributed by atoms with Crippen molar-refractivity contribution in [1.29, 1.82) is 0 Å². The molecule has 0 aliphatic rings. The number of hydrogen-bond acceptors (Lipinski definition) is 4. The Bertz CT molecular complexity index is 826. The summed E-state index contributed by atoms with van der Waals surface area (Å²) < 4.78 is 5.10. The summed E-state index contributed by atoms with van der Waals surface area (Å²) in [6.45, 7) is 3.36. The van der Waals surface area contributed by atoms with Crippen LogP contribution in [0.5, 0.6) is 0 Å². The monoisotopic (exact) mass is 402 g/mol. The lowest BCUT2D eigenvalue weighted by molar-refractivity contribution is -0.380. The number of pyridine rings is 1. The molecule has 2 rings (SSSR count). The highest BCUT2D eigenvalue weighted by Gasteiger charge is 2.30. The molecule has 25 heavy (non-hydrogen) atoms. The van der Waals surface area contributed by atoms with Crippen LogP contribution in [0.25, 0.3) is 0 Å². The highest BCUT2D eigenvalue weighted by Crippen LogP contribution is 2.32. The van der Waals surface area contributed by atoms with Gasteiger partial charge >= 0.3 is 11.7 Å². The van der Waals surface area contributed by atoms with Gasteiger partial charge in [-0.25, -0.2) is 4.79 Å². The molecule has 0 aliphatic carbocycles. The number of amides is 1. The molecule has 0 saturated carbocycles. The number of rotatable bonds is 4. The number of nitrogens with one attached hydrogen (secondary N) is 2. The fraction of sp³-hybridized carbons (Fsp3) is 0.188. The third-order valence-corrected chi connectivity index (χ3v) is 4.46. The number of halogens is 3. The van der Waals surface area contributed by atoms with Crippen LogP contribution in [-0.4, -0.2) is 18.0 Å². The topological polar surface area (TPSA) is 95.6 Å². The van der Waals surface area contributed by atoms with E-state index < -0.39 is 18.0 Å². The fourth-order valence-corrected chi connectivity index (χ4v) is 2.47. The van der Waals surface area contributed by atoms with Gasteiger partial charge in [-0.1, -0.05) is 40.9 Å². The molecule has 1 aromatic carbocycles. The number of nitrogens with two attached hydrogens (primary N) is 1. The number of hydrogen-bond donors (Lipinski definition) is 2. The lowest BCUT2D eigenvalue weighted by atomic mass is 10.2. The molecule has 0 aliphatic heterocycles. The van der Waals surface area contributed by atoms with E-state index in [9.17, 15) is 9.59 Å². The van der Waals surface area contributed by atoms with Gasteiger partial charge in [0, 0.05) is 5.69 Å². The zero-order valence-electron chi connectivity index (χ0n) is 13.3. The summed E-state index contributed by atoms with van der Waals surface area (Å²) in [5.41, 5.74) is 7.06. The Hall–Kier alpha value is -2.02. The number of carbonyl (C=O) groups excluding carboxylic acids is 2. The summed E-state index contributed by atoms with van der Waals surface area (Å²) in [7, 11) is 0. The van der Waals surface area contributed by atoms with Crippen LogP contribution in [0.3, 0.4) is 0 Å². The summed E-state index contributed by atoms with van der Waals surface area (Å²) in [6.07, 6.45) is -1.08. The third kappa shape index (κ3) is 4.54. The van der Waals surface area contributed by atoms with Gasteiger partial charge < -0.3 is 15.8 Å². The maximum atomic E-state index is 12.2. The number of H-pyrrole nitrogens is 1. The van der Waals surface area contributed by atoms with E-state index in [0.29, 0.717) is 5.69 Å². The van der Waals surface area contributed by atoms with Crippen molar-refractivity contribution in [2.75, 3.05) is 11.1 Å². The van der Waals surface area contributed by atoms with Crippen LogP contribution in [0.4, 0.5) is 11.4 Å². The zero-order chi connectivity index (χ0) is 18.7. The first-order chi connectivity index (χ1) is 11.7.